The number of benzene rings is 3. The van der Waals surface area contributed by atoms with Crippen LogP contribution in [0.2, 0.25) is 0 Å². The summed E-state index contributed by atoms with van der Waals surface area (Å²) >= 11 is 1.45. The predicted molar refractivity (Wildman–Crippen MR) is 123 cm³/mol. The Kier molecular flexibility index (Phi) is 4.81. The monoisotopic (exact) mass is 449 g/mol. The van der Waals surface area contributed by atoms with Gasteiger partial charge in [0.25, 0.3) is 10.0 Å². The lowest BCUT2D eigenvalue weighted by molar-refractivity contribution is 0.218. The van der Waals surface area contributed by atoms with Gasteiger partial charge in [0, 0.05) is 15.0 Å². The van der Waals surface area contributed by atoms with Crippen molar-refractivity contribution in [3.63, 3.8) is 0 Å². The van der Waals surface area contributed by atoms with Gasteiger partial charge in [0.1, 0.15) is 11.9 Å². The summed E-state index contributed by atoms with van der Waals surface area (Å²) in [7, 11) is -2.37. The average Bonchev–Trinajstić information content (AvgIpc) is 3.40. The Balaban J connectivity index is 1.76. The van der Waals surface area contributed by atoms with Gasteiger partial charge < -0.3 is 9.84 Å². The van der Waals surface area contributed by atoms with E-state index in [1.54, 1.807) is 61.7 Å². The van der Waals surface area contributed by atoms with Gasteiger partial charge in [-0.15, -0.1) is 11.3 Å². The van der Waals surface area contributed by atoms with Gasteiger partial charge in [-0.25, -0.2) is 12.4 Å². The predicted octanol–water partition coefficient (Wildman–Crippen LogP) is 5.18. The molecule has 7 heteroatoms. The summed E-state index contributed by atoms with van der Waals surface area (Å²) in [5.41, 5.74) is 0.776. The van der Waals surface area contributed by atoms with Crippen molar-refractivity contribution in [1.82, 2.24) is 3.97 Å². The zero-order chi connectivity index (χ0) is 21.6. The Labute approximate surface area is 183 Å². The Hall–Kier alpha value is -3.13. The van der Waals surface area contributed by atoms with Crippen LogP contribution in [-0.2, 0) is 10.0 Å². The van der Waals surface area contributed by atoms with Crippen molar-refractivity contribution >= 4 is 42.3 Å². The fourth-order valence-corrected chi connectivity index (χ4v) is 6.39. The number of aliphatic hydroxyl groups is 1. The minimum Gasteiger partial charge on any atom is -0.497 e. The number of ether oxygens (including phenoxy) is 1. The molecule has 5 nitrogen and oxygen atoms in total. The highest BCUT2D eigenvalue weighted by atomic mass is 32.2. The molecule has 31 heavy (non-hydrogen) atoms. The fourth-order valence-electron chi connectivity index (χ4n) is 3.76. The molecule has 0 radical (unpaired) electrons. The molecule has 0 aliphatic rings. The Bertz CT molecular complexity index is 1470. The molecule has 0 amide bonds. The van der Waals surface area contributed by atoms with Crippen LogP contribution in [0, 0.1) is 0 Å². The summed E-state index contributed by atoms with van der Waals surface area (Å²) in [5.74, 6) is 0.615. The van der Waals surface area contributed by atoms with E-state index in [2.05, 4.69) is 0 Å². The highest BCUT2D eigenvalue weighted by Gasteiger charge is 2.28. The summed E-state index contributed by atoms with van der Waals surface area (Å²) in [6.07, 6.45) is -1.10. The van der Waals surface area contributed by atoms with Crippen LogP contribution in [0.25, 0.3) is 21.0 Å². The largest absolute Gasteiger partial charge is 0.497 e. The number of hydrogen-bond donors (Lipinski definition) is 1. The number of fused-ring (bicyclic) bond motifs is 2. The molecule has 1 atom stereocenters. The molecular weight excluding hydrogens is 430 g/mol. The molecule has 0 aliphatic heterocycles. The molecule has 2 aromatic heterocycles. The van der Waals surface area contributed by atoms with Gasteiger partial charge in [-0.3, -0.25) is 0 Å². The van der Waals surface area contributed by atoms with E-state index in [1.807, 2.05) is 30.3 Å². The summed E-state index contributed by atoms with van der Waals surface area (Å²) < 4.78 is 34.8. The maximum Gasteiger partial charge on any atom is 0.268 e. The van der Waals surface area contributed by atoms with Crippen LogP contribution < -0.4 is 4.74 Å². The Morgan fingerprint density at radius 1 is 0.903 bits per heavy atom. The molecule has 3 aromatic carbocycles. The fraction of sp³-hybridized carbons (Fsp3) is 0.0833. The second kappa shape index (κ2) is 7.53. The average molecular weight is 450 g/mol. The smallest absolute Gasteiger partial charge is 0.268 e. The second-order valence-corrected chi connectivity index (χ2v) is 10.1. The minimum absolute atomic E-state index is 0.160. The third kappa shape index (κ3) is 3.31. The van der Waals surface area contributed by atoms with Gasteiger partial charge in [-0.05, 0) is 53.9 Å². The molecule has 156 valence electrons. The zero-order valence-electron chi connectivity index (χ0n) is 16.6. The van der Waals surface area contributed by atoms with E-state index in [0.29, 0.717) is 27.2 Å². The van der Waals surface area contributed by atoms with Crippen LogP contribution >= 0.6 is 11.3 Å². The van der Waals surface area contributed by atoms with Gasteiger partial charge in [0.05, 0.1) is 23.2 Å². The quantitative estimate of drug-likeness (QED) is 0.401. The lowest BCUT2D eigenvalue weighted by Gasteiger charge is -2.15. The van der Waals surface area contributed by atoms with Gasteiger partial charge in [-0.2, -0.15) is 0 Å². The van der Waals surface area contributed by atoms with E-state index in [0.717, 1.165) is 10.1 Å². The molecule has 5 rings (SSSR count). The van der Waals surface area contributed by atoms with Crippen molar-refractivity contribution in [2.75, 3.05) is 7.11 Å². The number of hydrogen-bond acceptors (Lipinski definition) is 5. The molecule has 2 heterocycles. The van der Waals surface area contributed by atoms with Crippen LogP contribution in [0.3, 0.4) is 0 Å². The van der Waals surface area contributed by atoms with Crippen LogP contribution in [0.4, 0.5) is 0 Å². The van der Waals surface area contributed by atoms with E-state index in [1.165, 1.54) is 15.3 Å². The maximum absolute atomic E-state index is 13.6. The van der Waals surface area contributed by atoms with Gasteiger partial charge in [-0.1, -0.05) is 36.4 Å². The summed E-state index contributed by atoms with van der Waals surface area (Å²) in [4.78, 5) is 0.841. The van der Waals surface area contributed by atoms with Gasteiger partial charge in [0.2, 0.25) is 0 Å². The molecule has 0 saturated heterocycles. The first-order chi connectivity index (χ1) is 15.0. The first kappa shape index (κ1) is 19.8. The third-order valence-electron chi connectivity index (χ3n) is 5.27. The van der Waals surface area contributed by atoms with Gasteiger partial charge >= 0.3 is 0 Å². The minimum atomic E-state index is -3.94. The highest BCUT2D eigenvalue weighted by molar-refractivity contribution is 7.90. The normalized spacial score (nSPS) is 13.0. The highest BCUT2D eigenvalue weighted by Crippen LogP contribution is 2.37. The lowest BCUT2D eigenvalue weighted by atomic mass is 10.1. The number of aromatic nitrogens is 1. The first-order valence-corrected chi connectivity index (χ1v) is 11.9. The maximum atomic E-state index is 13.6. The number of aliphatic hydroxyl groups excluding tert-OH is 1. The van der Waals surface area contributed by atoms with Crippen molar-refractivity contribution < 1.29 is 18.3 Å². The third-order valence-corrected chi connectivity index (χ3v) is 8.19. The van der Waals surface area contributed by atoms with Crippen LogP contribution in [0.1, 0.15) is 16.7 Å². The number of thiophene rings is 1. The molecule has 5 aromatic rings. The van der Waals surface area contributed by atoms with Crippen LogP contribution in [0.15, 0.2) is 89.8 Å². The molecule has 0 saturated carbocycles. The van der Waals surface area contributed by atoms with Crippen LogP contribution in [0.5, 0.6) is 5.75 Å². The van der Waals surface area contributed by atoms with Crippen molar-refractivity contribution in [2.24, 2.45) is 0 Å². The standard InChI is InChI=1S/C24H19NO4S2/c1-29-18-11-12-20-17(13-18)14-21(25(20)31(27,28)19-8-3-2-4-9-19)24(26)23-15-16-7-5-6-10-22(16)30-23/h2-15,24,26H,1H3. The van der Waals surface area contributed by atoms with Gasteiger partial charge in [0.15, 0.2) is 0 Å². The molecule has 1 unspecified atom stereocenters. The van der Waals surface area contributed by atoms with Crippen molar-refractivity contribution in [2.45, 2.75) is 11.0 Å². The van der Waals surface area contributed by atoms with E-state index >= 15 is 0 Å². The van der Waals surface area contributed by atoms with E-state index < -0.39 is 16.1 Å². The molecule has 0 bridgehead atoms. The van der Waals surface area contributed by atoms with Crippen LogP contribution in [-0.4, -0.2) is 24.6 Å². The van der Waals surface area contributed by atoms with Crippen molar-refractivity contribution in [3.05, 3.63) is 95.5 Å². The Morgan fingerprint density at radius 2 is 1.65 bits per heavy atom. The van der Waals surface area contributed by atoms with Crippen molar-refractivity contribution in [3.8, 4) is 5.75 Å². The molecule has 0 aliphatic carbocycles. The lowest BCUT2D eigenvalue weighted by Crippen LogP contribution is -2.17. The Morgan fingerprint density at radius 3 is 2.39 bits per heavy atom. The molecular formula is C24H19NO4S2. The summed E-state index contributed by atoms with van der Waals surface area (Å²) in [5, 5.41) is 13.0. The second-order valence-electron chi connectivity index (χ2n) is 7.17. The van der Waals surface area contributed by atoms with E-state index in [-0.39, 0.29) is 4.90 Å². The van der Waals surface area contributed by atoms with Crippen molar-refractivity contribution in [1.29, 1.82) is 0 Å². The topological polar surface area (TPSA) is 68.5 Å². The molecule has 0 spiro atoms. The van der Waals surface area contributed by atoms with E-state index in [4.69, 9.17) is 4.74 Å². The molecule has 0 fully saturated rings. The number of rotatable bonds is 5. The number of nitrogens with zero attached hydrogens (tertiary/aromatic N) is 1. The summed E-state index contributed by atoms with van der Waals surface area (Å²) in [6.45, 7) is 0. The van der Waals surface area contributed by atoms with E-state index in [9.17, 15) is 13.5 Å². The number of methoxy groups -OCH3 is 1. The SMILES string of the molecule is COc1ccc2c(c1)cc(C(O)c1cc3ccccc3s1)n2S(=O)(=O)c1ccccc1. The summed E-state index contributed by atoms with van der Waals surface area (Å²) in [6, 6.07) is 24.9. The molecule has 1 N–H and O–H groups in total. The first-order valence-electron chi connectivity index (χ1n) is 9.65. The zero-order valence-corrected chi connectivity index (χ0v) is 18.2.